The monoisotopic (exact) mass is 520 g/mol. The molecule has 1 saturated heterocycles. The molecular formula is C24H26ClFN4O4S. The lowest BCUT2D eigenvalue weighted by Gasteiger charge is -2.31. The summed E-state index contributed by atoms with van der Waals surface area (Å²) < 4.78 is 46.1. The van der Waals surface area contributed by atoms with Gasteiger partial charge in [-0.15, -0.1) is 0 Å². The maximum atomic E-state index is 13.7. The van der Waals surface area contributed by atoms with Crippen LogP contribution in [0.15, 0.2) is 53.6 Å². The number of benzene rings is 2. The molecule has 0 bridgehead atoms. The number of amides is 1. The van der Waals surface area contributed by atoms with E-state index in [1.807, 2.05) is 12.1 Å². The number of carbonyl (C=O) groups is 1. The van der Waals surface area contributed by atoms with Crippen molar-refractivity contribution in [2.75, 3.05) is 38.6 Å². The van der Waals surface area contributed by atoms with Crippen molar-refractivity contribution < 1.29 is 22.3 Å². The molecule has 3 aromatic rings. The average Bonchev–Trinajstić information content (AvgIpc) is 2.86. The normalized spacial score (nSPS) is 15.2. The predicted molar refractivity (Wildman–Crippen MR) is 133 cm³/mol. The number of fused-ring (bicyclic) bond motifs is 1. The van der Waals surface area contributed by atoms with Crippen LogP contribution in [0.2, 0.25) is 5.02 Å². The minimum atomic E-state index is -3.94. The second-order valence-corrected chi connectivity index (χ2v) is 10.6. The van der Waals surface area contributed by atoms with Crippen LogP contribution < -0.4 is 15.4 Å². The van der Waals surface area contributed by atoms with Crippen molar-refractivity contribution in [2.45, 2.75) is 17.7 Å². The maximum absolute atomic E-state index is 13.7. The number of methoxy groups -OCH3 is 1. The lowest BCUT2D eigenvalue weighted by atomic mass is 9.97. The molecule has 2 aromatic carbocycles. The van der Waals surface area contributed by atoms with E-state index >= 15 is 0 Å². The molecule has 1 amide bonds. The van der Waals surface area contributed by atoms with Gasteiger partial charge in [0.15, 0.2) is 0 Å². The number of carbonyl (C=O) groups excluding carboxylic acids is 1. The number of sulfonamides is 1. The molecule has 0 aliphatic carbocycles. The number of rotatable bonds is 8. The van der Waals surface area contributed by atoms with E-state index in [0.29, 0.717) is 31.0 Å². The molecule has 0 spiro atoms. The maximum Gasteiger partial charge on any atom is 0.246 e. The summed E-state index contributed by atoms with van der Waals surface area (Å²) in [7, 11) is -2.60. The number of aromatic nitrogens is 1. The van der Waals surface area contributed by atoms with Gasteiger partial charge >= 0.3 is 0 Å². The first-order valence-corrected chi connectivity index (χ1v) is 13.0. The Labute approximate surface area is 208 Å². The van der Waals surface area contributed by atoms with E-state index < -0.39 is 15.8 Å². The third-order valence-corrected chi connectivity index (χ3v) is 8.17. The van der Waals surface area contributed by atoms with Crippen LogP contribution in [0.1, 0.15) is 12.8 Å². The van der Waals surface area contributed by atoms with Gasteiger partial charge in [0, 0.05) is 54.4 Å². The number of hydrogen-bond donors (Lipinski definition) is 2. The lowest BCUT2D eigenvalue weighted by Crippen LogP contribution is -2.43. The van der Waals surface area contributed by atoms with E-state index in [2.05, 4.69) is 15.6 Å². The first-order chi connectivity index (χ1) is 16.8. The van der Waals surface area contributed by atoms with E-state index in [1.54, 1.807) is 18.3 Å². The number of nitrogens with one attached hydrogen (secondary N) is 2. The molecule has 11 heteroatoms. The quantitative estimate of drug-likeness (QED) is 0.440. The Morgan fingerprint density at radius 1 is 1.17 bits per heavy atom. The molecule has 2 N–H and O–H groups in total. The van der Waals surface area contributed by atoms with Crippen molar-refractivity contribution in [1.29, 1.82) is 0 Å². The fraction of sp³-hybridized carbons (Fsp3) is 0.333. The van der Waals surface area contributed by atoms with Crippen LogP contribution in [-0.2, 0) is 14.8 Å². The molecule has 2 heterocycles. The molecule has 0 unspecified atom stereocenters. The Morgan fingerprint density at radius 2 is 1.94 bits per heavy atom. The Hall–Kier alpha value is -2.95. The van der Waals surface area contributed by atoms with Gasteiger partial charge in [0.1, 0.15) is 16.5 Å². The third kappa shape index (κ3) is 5.66. The number of nitrogens with zero attached hydrogens (tertiary/aromatic N) is 2. The average molecular weight is 521 g/mol. The molecule has 186 valence electrons. The third-order valence-electron chi connectivity index (χ3n) is 6.01. The van der Waals surface area contributed by atoms with Crippen molar-refractivity contribution >= 4 is 44.1 Å². The first-order valence-electron chi connectivity index (χ1n) is 11.2. The number of halogens is 2. The Bertz CT molecular complexity index is 1330. The van der Waals surface area contributed by atoms with Crippen LogP contribution in [-0.4, -0.2) is 56.9 Å². The lowest BCUT2D eigenvalue weighted by molar-refractivity contribution is -0.126. The standard InChI is InChI=1S/C24H26ClFN4O4S/c1-34-22-5-3-18(26)15-23(22)35(32,33)30-12-7-16(8-13-30)24(31)29-11-10-28-20-6-9-27-21-14-17(25)2-4-19(20)21/h2-6,9,14-16H,7-8,10-13H2,1H3,(H,27,28)(H,29,31). The van der Waals surface area contributed by atoms with Crippen LogP contribution in [0.3, 0.4) is 0 Å². The zero-order valence-corrected chi connectivity index (χ0v) is 20.7. The van der Waals surface area contributed by atoms with Gasteiger partial charge in [-0.1, -0.05) is 11.6 Å². The molecule has 0 atom stereocenters. The molecule has 0 radical (unpaired) electrons. The Balaban J connectivity index is 1.28. The van der Waals surface area contributed by atoms with Crippen molar-refractivity contribution in [3.63, 3.8) is 0 Å². The molecule has 8 nitrogen and oxygen atoms in total. The summed E-state index contributed by atoms with van der Waals surface area (Å²) in [5.41, 5.74) is 1.68. The van der Waals surface area contributed by atoms with E-state index in [0.717, 1.165) is 28.7 Å². The molecule has 4 rings (SSSR count). The SMILES string of the molecule is COc1ccc(F)cc1S(=O)(=O)N1CCC(C(=O)NCCNc2ccnc3cc(Cl)ccc23)CC1. The molecule has 1 aliphatic rings. The fourth-order valence-electron chi connectivity index (χ4n) is 4.15. The van der Waals surface area contributed by atoms with Gasteiger partial charge in [-0.25, -0.2) is 12.8 Å². The summed E-state index contributed by atoms with van der Waals surface area (Å²) >= 11 is 6.03. The highest BCUT2D eigenvalue weighted by atomic mass is 35.5. The zero-order chi connectivity index (χ0) is 25.0. The Kier molecular flexibility index (Phi) is 7.73. The van der Waals surface area contributed by atoms with Crippen molar-refractivity contribution in [2.24, 2.45) is 5.92 Å². The predicted octanol–water partition coefficient (Wildman–Crippen LogP) is 3.66. The van der Waals surface area contributed by atoms with Crippen LogP contribution in [0.25, 0.3) is 10.9 Å². The topological polar surface area (TPSA) is 101 Å². The smallest absolute Gasteiger partial charge is 0.246 e. The van der Waals surface area contributed by atoms with Crippen LogP contribution in [0, 0.1) is 11.7 Å². The van der Waals surface area contributed by atoms with Crippen LogP contribution in [0.4, 0.5) is 10.1 Å². The van der Waals surface area contributed by atoms with Gasteiger partial charge < -0.3 is 15.4 Å². The number of hydrogen-bond acceptors (Lipinski definition) is 6. The summed E-state index contributed by atoms with van der Waals surface area (Å²) in [6.45, 7) is 1.27. The fourth-order valence-corrected chi connectivity index (χ4v) is 5.96. The van der Waals surface area contributed by atoms with Crippen LogP contribution in [0.5, 0.6) is 5.75 Å². The zero-order valence-electron chi connectivity index (χ0n) is 19.1. The van der Waals surface area contributed by atoms with Crippen LogP contribution >= 0.6 is 11.6 Å². The van der Waals surface area contributed by atoms with E-state index in [-0.39, 0.29) is 35.6 Å². The first kappa shape index (κ1) is 25.2. The van der Waals surface area contributed by atoms with Gasteiger partial charge in [-0.2, -0.15) is 4.31 Å². The minimum Gasteiger partial charge on any atom is -0.495 e. The largest absolute Gasteiger partial charge is 0.495 e. The van der Waals surface area contributed by atoms with Gasteiger partial charge in [-0.3, -0.25) is 9.78 Å². The second kappa shape index (κ2) is 10.8. The van der Waals surface area contributed by atoms with Crippen molar-refractivity contribution in [3.05, 3.63) is 59.5 Å². The van der Waals surface area contributed by atoms with Crippen molar-refractivity contribution in [3.8, 4) is 5.75 Å². The summed E-state index contributed by atoms with van der Waals surface area (Å²) in [6, 6.07) is 10.8. The Morgan fingerprint density at radius 3 is 2.69 bits per heavy atom. The summed E-state index contributed by atoms with van der Waals surface area (Å²) in [6.07, 6.45) is 2.46. The van der Waals surface area contributed by atoms with Gasteiger partial charge in [0.05, 0.1) is 12.6 Å². The highest BCUT2D eigenvalue weighted by molar-refractivity contribution is 7.89. The van der Waals surface area contributed by atoms with E-state index in [9.17, 15) is 17.6 Å². The van der Waals surface area contributed by atoms with Gasteiger partial charge in [0.25, 0.3) is 0 Å². The highest BCUT2D eigenvalue weighted by Gasteiger charge is 2.33. The highest BCUT2D eigenvalue weighted by Crippen LogP contribution is 2.30. The number of pyridine rings is 1. The van der Waals surface area contributed by atoms with E-state index in [4.69, 9.17) is 16.3 Å². The number of ether oxygens (including phenoxy) is 1. The van der Waals surface area contributed by atoms with E-state index in [1.165, 1.54) is 17.5 Å². The van der Waals surface area contributed by atoms with Crippen molar-refractivity contribution in [1.82, 2.24) is 14.6 Å². The molecule has 1 aromatic heterocycles. The molecule has 35 heavy (non-hydrogen) atoms. The molecule has 1 fully saturated rings. The second-order valence-electron chi connectivity index (χ2n) is 8.21. The minimum absolute atomic E-state index is 0.0869. The molecule has 1 aliphatic heterocycles. The van der Waals surface area contributed by atoms with Gasteiger partial charge in [-0.05, 0) is 55.3 Å². The van der Waals surface area contributed by atoms with Gasteiger partial charge in [0.2, 0.25) is 15.9 Å². The number of piperidine rings is 1. The molecular weight excluding hydrogens is 495 g/mol. The summed E-state index contributed by atoms with van der Waals surface area (Å²) in [5.74, 6) is -0.974. The molecule has 0 saturated carbocycles. The summed E-state index contributed by atoms with van der Waals surface area (Å²) in [4.78, 5) is 16.7. The number of anilines is 1. The summed E-state index contributed by atoms with van der Waals surface area (Å²) in [5, 5.41) is 7.76.